The van der Waals surface area contributed by atoms with E-state index in [0.717, 1.165) is 19.5 Å². The Labute approximate surface area is 73.1 Å². The van der Waals surface area contributed by atoms with E-state index in [0.29, 0.717) is 12.6 Å². The second-order valence-corrected chi connectivity index (χ2v) is 3.17. The van der Waals surface area contributed by atoms with Crippen molar-refractivity contribution in [1.29, 1.82) is 0 Å². The first-order valence-electron chi connectivity index (χ1n) is 4.51. The topological polar surface area (TPSA) is 58.4 Å². The molecule has 2 amide bonds. The van der Waals surface area contributed by atoms with Gasteiger partial charge in [-0.3, -0.25) is 0 Å². The van der Waals surface area contributed by atoms with Crippen LogP contribution in [0, 0.1) is 0 Å². The number of amides is 2. The molecule has 0 aromatic rings. The summed E-state index contributed by atoms with van der Waals surface area (Å²) in [7, 11) is 0. The molecule has 0 aromatic carbocycles. The van der Waals surface area contributed by atoms with Crippen molar-refractivity contribution in [3.05, 3.63) is 0 Å². The number of primary amides is 1. The highest BCUT2D eigenvalue weighted by molar-refractivity contribution is 5.71. The van der Waals surface area contributed by atoms with Gasteiger partial charge < -0.3 is 16.0 Å². The first-order chi connectivity index (χ1) is 5.74. The quantitative estimate of drug-likeness (QED) is 0.634. The van der Waals surface area contributed by atoms with Gasteiger partial charge in [-0.2, -0.15) is 0 Å². The Morgan fingerprint density at radius 3 is 2.92 bits per heavy atom. The SMILES string of the molecule is CCN(CC1CCCN1)C(N)=O. The standard InChI is InChI=1S/C8H17N3O/c1-2-11(8(9)12)6-7-4-3-5-10-7/h7,10H,2-6H2,1H3,(H2,9,12). The third-order valence-electron chi connectivity index (χ3n) is 2.30. The summed E-state index contributed by atoms with van der Waals surface area (Å²) >= 11 is 0. The summed E-state index contributed by atoms with van der Waals surface area (Å²) in [6.45, 7) is 4.47. The molecule has 1 aliphatic heterocycles. The normalized spacial score (nSPS) is 22.6. The van der Waals surface area contributed by atoms with Crippen LogP contribution in [0.15, 0.2) is 0 Å². The molecule has 1 aliphatic rings. The monoisotopic (exact) mass is 171 g/mol. The summed E-state index contributed by atoms with van der Waals surface area (Å²) in [5, 5.41) is 3.33. The number of carbonyl (C=O) groups excluding carboxylic acids is 1. The molecular formula is C8H17N3O. The summed E-state index contributed by atoms with van der Waals surface area (Å²) in [5.74, 6) is 0. The van der Waals surface area contributed by atoms with Crippen molar-refractivity contribution in [1.82, 2.24) is 10.2 Å². The van der Waals surface area contributed by atoms with Crippen LogP contribution >= 0.6 is 0 Å². The Morgan fingerprint density at radius 1 is 1.75 bits per heavy atom. The van der Waals surface area contributed by atoms with E-state index in [-0.39, 0.29) is 6.03 Å². The molecule has 70 valence electrons. The molecule has 0 radical (unpaired) electrons. The predicted molar refractivity (Wildman–Crippen MR) is 47.9 cm³/mol. The third-order valence-corrected chi connectivity index (χ3v) is 2.30. The number of carbonyl (C=O) groups is 1. The zero-order valence-electron chi connectivity index (χ0n) is 7.55. The maximum atomic E-state index is 10.8. The van der Waals surface area contributed by atoms with E-state index in [1.807, 2.05) is 6.92 Å². The average Bonchev–Trinajstić information content (AvgIpc) is 2.51. The number of nitrogens with zero attached hydrogens (tertiary/aromatic N) is 1. The average molecular weight is 171 g/mol. The molecule has 1 unspecified atom stereocenters. The van der Waals surface area contributed by atoms with Gasteiger partial charge in [0.05, 0.1) is 0 Å². The second-order valence-electron chi connectivity index (χ2n) is 3.17. The largest absolute Gasteiger partial charge is 0.351 e. The number of urea groups is 1. The van der Waals surface area contributed by atoms with Crippen molar-refractivity contribution in [2.45, 2.75) is 25.8 Å². The first kappa shape index (κ1) is 9.32. The van der Waals surface area contributed by atoms with E-state index in [1.165, 1.54) is 6.42 Å². The molecule has 4 nitrogen and oxygen atoms in total. The van der Waals surface area contributed by atoms with Gasteiger partial charge in [0.15, 0.2) is 0 Å². The fourth-order valence-electron chi connectivity index (χ4n) is 1.55. The summed E-state index contributed by atoms with van der Waals surface area (Å²) < 4.78 is 0. The molecular weight excluding hydrogens is 154 g/mol. The van der Waals surface area contributed by atoms with Gasteiger partial charge >= 0.3 is 6.03 Å². The maximum absolute atomic E-state index is 10.8. The van der Waals surface area contributed by atoms with Gasteiger partial charge in [-0.25, -0.2) is 4.79 Å². The van der Waals surface area contributed by atoms with Crippen molar-refractivity contribution >= 4 is 6.03 Å². The fraction of sp³-hybridized carbons (Fsp3) is 0.875. The highest BCUT2D eigenvalue weighted by Gasteiger charge is 2.18. The van der Waals surface area contributed by atoms with Gasteiger partial charge in [-0.1, -0.05) is 0 Å². The van der Waals surface area contributed by atoms with E-state index in [9.17, 15) is 4.79 Å². The molecule has 0 aromatic heterocycles. The molecule has 4 heteroatoms. The van der Waals surface area contributed by atoms with Crippen LogP contribution in [0.2, 0.25) is 0 Å². The van der Waals surface area contributed by atoms with Gasteiger partial charge in [0.25, 0.3) is 0 Å². The van der Waals surface area contributed by atoms with Gasteiger partial charge in [0, 0.05) is 19.1 Å². The zero-order valence-corrected chi connectivity index (χ0v) is 7.55. The lowest BCUT2D eigenvalue weighted by Crippen LogP contribution is -2.43. The minimum Gasteiger partial charge on any atom is -0.351 e. The zero-order chi connectivity index (χ0) is 8.97. The molecule has 1 saturated heterocycles. The van der Waals surface area contributed by atoms with Gasteiger partial charge in [-0.15, -0.1) is 0 Å². The molecule has 1 rings (SSSR count). The van der Waals surface area contributed by atoms with Crippen LogP contribution in [-0.4, -0.2) is 36.6 Å². The summed E-state index contributed by atoms with van der Waals surface area (Å²) in [4.78, 5) is 12.5. The molecule has 1 atom stereocenters. The van der Waals surface area contributed by atoms with E-state index in [2.05, 4.69) is 5.32 Å². The van der Waals surface area contributed by atoms with Gasteiger partial charge in [0.2, 0.25) is 0 Å². The molecule has 0 bridgehead atoms. The van der Waals surface area contributed by atoms with Gasteiger partial charge in [-0.05, 0) is 26.3 Å². The summed E-state index contributed by atoms with van der Waals surface area (Å²) in [5.41, 5.74) is 5.18. The molecule has 12 heavy (non-hydrogen) atoms. The number of rotatable bonds is 3. The van der Waals surface area contributed by atoms with Crippen LogP contribution in [0.5, 0.6) is 0 Å². The minimum atomic E-state index is -0.314. The summed E-state index contributed by atoms with van der Waals surface area (Å²) in [6.07, 6.45) is 2.37. The van der Waals surface area contributed by atoms with Crippen molar-refractivity contribution in [3.8, 4) is 0 Å². The molecule has 0 aliphatic carbocycles. The number of likely N-dealkylation sites (N-methyl/N-ethyl adjacent to an activating group) is 1. The third kappa shape index (κ3) is 2.37. The summed E-state index contributed by atoms with van der Waals surface area (Å²) in [6, 6.07) is 0.142. The van der Waals surface area contributed by atoms with Crippen molar-refractivity contribution in [2.75, 3.05) is 19.6 Å². The van der Waals surface area contributed by atoms with Crippen LogP contribution < -0.4 is 11.1 Å². The van der Waals surface area contributed by atoms with Crippen LogP contribution in [-0.2, 0) is 0 Å². The number of nitrogens with two attached hydrogens (primary N) is 1. The van der Waals surface area contributed by atoms with Gasteiger partial charge in [0.1, 0.15) is 0 Å². The highest BCUT2D eigenvalue weighted by Crippen LogP contribution is 2.06. The van der Waals surface area contributed by atoms with Crippen molar-refractivity contribution in [2.24, 2.45) is 5.73 Å². The van der Waals surface area contributed by atoms with Crippen LogP contribution in [0.4, 0.5) is 4.79 Å². The predicted octanol–water partition coefficient (Wildman–Crippen LogP) is 0.139. The molecule has 1 fully saturated rings. The second kappa shape index (κ2) is 4.30. The maximum Gasteiger partial charge on any atom is 0.314 e. The molecule has 1 heterocycles. The van der Waals surface area contributed by atoms with Crippen molar-refractivity contribution < 1.29 is 4.79 Å². The Hall–Kier alpha value is -0.770. The number of hydrogen-bond donors (Lipinski definition) is 2. The molecule has 0 saturated carbocycles. The molecule has 0 spiro atoms. The van der Waals surface area contributed by atoms with Crippen LogP contribution in [0.1, 0.15) is 19.8 Å². The van der Waals surface area contributed by atoms with E-state index >= 15 is 0 Å². The number of hydrogen-bond acceptors (Lipinski definition) is 2. The van der Waals surface area contributed by atoms with Crippen LogP contribution in [0.25, 0.3) is 0 Å². The lowest BCUT2D eigenvalue weighted by molar-refractivity contribution is 0.205. The molecule has 3 N–H and O–H groups in total. The van der Waals surface area contributed by atoms with Crippen molar-refractivity contribution in [3.63, 3.8) is 0 Å². The lowest BCUT2D eigenvalue weighted by Gasteiger charge is -2.22. The van der Waals surface area contributed by atoms with Crippen LogP contribution in [0.3, 0.4) is 0 Å². The van der Waals surface area contributed by atoms with E-state index in [4.69, 9.17) is 5.73 Å². The lowest BCUT2D eigenvalue weighted by atomic mass is 10.2. The van der Waals surface area contributed by atoms with E-state index < -0.39 is 0 Å². The van der Waals surface area contributed by atoms with E-state index in [1.54, 1.807) is 4.90 Å². The smallest absolute Gasteiger partial charge is 0.314 e. The Morgan fingerprint density at radius 2 is 2.50 bits per heavy atom. The highest BCUT2D eigenvalue weighted by atomic mass is 16.2. The number of nitrogens with one attached hydrogen (secondary N) is 1. The Kier molecular flexibility index (Phi) is 3.34. The fourth-order valence-corrected chi connectivity index (χ4v) is 1.55. The first-order valence-corrected chi connectivity index (χ1v) is 4.51. The Balaban J connectivity index is 2.30. The Bertz CT molecular complexity index is 154. The minimum absolute atomic E-state index is 0.314.